The van der Waals surface area contributed by atoms with Crippen molar-refractivity contribution in [3.63, 3.8) is 0 Å². The molecular formula is C19H12Cl3NS. The third-order valence-electron chi connectivity index (χ3n) is 3.29. The van der Waals surface area contributed by atoms with E-state index in [4.69, 9.17) is 39.2 Å². The molecule has 0 aliphatic heterocycles. The highest BCUT2D eigenvalue weighted by Gasteiger charge is 2.09. The first kappa shape index (κ1) is 17.4. The van der Waals surface area contributed by atoms with Gasteiger partial charge in [0, 0.05) is 28.0 Å². The largest absolute Gasteiger partial charge is 0.210 e. The molecule has 0 saturated carbocycles. The maximum Gasteiger partial charge on any atom is 0.0861 e. The fourth-order valence-electron chi connectivity index (χ4n) is 2.15. The Morgan fingerprint density at radius 1 is 0.708 bits per heavy atom. The number of halogens is 3. The average molecular weight is 393 g/mol. The second-order valence-corrected chi connectivity index (χ2v) is 6.99. The normalized spacial score (nSPS) is 10.5. The summed E-state index contributed by atoms with van der Waals surface area (Å²) in [4.78, 5) is 0.832. The highest BCUT2D eigenvalue weighted by Crippen LogP contribution is 2.35. The molecule has 0 heterocycles. The minimum absolute atomic E-state index is 0.359. The van der Waals surface area contributed by atoms with Crippen molar-refractivity contribution in [2.75, 3.05) is 0 Å². The van der Waals surface area contributed by atoms with E-state index in [1.807, 2.05) is 60.7 Å². The zero-order valence-corrected chi connectivity index (χ0v) is 15.5. The van der Waals surface area contributed by atoms with E-state index >= 15 is 0 Å². The van der Waals surface area contributed by atoms with Crippen LogP contribution in [0.3, 0.4) is 0 Å². The van der Waals surface area contributed by atoms with Crippen LogP contribution < -0.4 is 0 Å². The molecule has 1 nitrogen and oxygen atoms in total. The van der Waals surface area contributed by atoms with Crippen molar-refractivity contribution in [3.8, 4) is 0 Å². The van der Waals surface area contributed by atoms with Gasteiger partial charge in [-0.2, -0.15) is 0 Å². The molecule has 0 aromatic heterocycles. The smallest absolute Gasteiger partial charge is 0.0861 e. The van der Waals surface area contributed by atoms with Gasteiger partial charge >= 0.3 is 0 Å². The standard InChI is InChI=1S/C19H12Cl3NS/c20-16-11-15(12-17(21)18(16)22)24-23-19(13-7-3-1-4-8-13)14-9-5-2-6-10-14/h1-12H. The predicted octanol–water partition coefficient (Wildman–Crippen LogP) is 7.19. The maximum atomic E-state index is 6.09. The average Bonchev–Trinajstić information content (AvgIpc) is 2.61. The van der Waals surface area contributed by atoms with Crippen molar-refractivity contribution in [2.24, 2.45) is 4.40 Å². The fourth-order valence-corrected chi connectivity index (χ4v) is 3.62. The van der Waals surface area contributed by atoms with Crippen molar-refractivity contribution in [1.82, 2.24) is 0 Å². The van der Waals surface area contributed by atoms with Gasteiger partial charge in [0.25, 0.3) is 0 Å². The van der Waals surface area contributed by atoms with Crippen LogP contribution in [0, 0.1) is 0 Å². The lowest BCUT2D eigenvalue weighted by Crippen LogP contribution is -2.01. The molecule has 5 heteroatoms. The van der Waals surface area contributed by atoms with Crippen LogP contribution in [0.4, 0.5) is 0 Å². The van der Waals surface area contributed by atoms with Gasteiger partial charge in [-0.25, -0.2) is 4.40 Å². The van der Waals surface area contributed by atoms with Gasteiger partial charge in [-0.05, 0) is 12.1 Å². The summed E-state index contributed by atoms with van der Waals surface area (Å²) < 4.78 is 4.72. The summed E-state index contributed by atoms with van der Waals surface area (Å²) in [6.07, 6.45) is 0. The van der Waals surface area contributed by atoms with Gasteiger partial charge in [-0.1, -0.05) is 95.5 Å². The summed E-state index contributed by atoms with van der Waals surface area (Å²) >= 11 is 19.5. The Kier molecular flexibility index (Phi) is 5.85. The molecule has 0 bridgehead atoms. The van der Waals surface area contributed by atoms with Crippen LogP contribution >= 0.6 is 46.8 Å². The van der Waals surface area contributed by atoms with Crippen molar-refractivity contribution in [2.45, 2.75) is 4.90 Å². The monoisotopic (exact) mass is 391 g/mol. The number of hydrogen-bond acceptors (Lipinski definition) is 2. The van der Waals surface area contributed by atoms with Crippen LogP contribution in [0.1, 0.15) is 11.1 Å². The highest BCUT2D eigenvalue weighted by molar-refractivity contribution is 7.98. The molecule has 0 spiro atoms. The number of benzene rings is 3. The zero-order valence-electron chi connectivity index (χ0n) is 12.4. The van der Waals surface area contributed by atoms with Gasteiger partial charge in [0.15, 0.2) is 0 Å². The first-order valence-corrected chi connectivity index (χ1v) is 9.06. The number of nitrogens with zero attached hydrogens (tertiary/aromatic N) is 1. The van der Waals surface area contributed by atoms with Gasteiger partial charge < -0.3 is 0 Å². The van der Waals surface area contributed by atoms with Crippen molar-refractivity contribution < 1.29 is 0 Å². The molecule has 3 aromatic rings. The summed E-state index contributed by atoms with van der Waals surface area (Å²) in [6.45, 7) is 0. The van der Waals surface area contributed by atoms with Crippen LogP contribution in [-0.4, -0.2) is 5.71 Å². The van der Waals surface area contributed by atoms with Gasteiger partial charge in [0.05, 0.1) is 20.8 Å². The Balaban J connectivity index is 1.99. The van der Waals surface area contributed by atoms with E-state index in [0.29, 0.717) is 15.1 Å². The Bertz CT molecular complexity index is 800. The SMILES string of the molecule is Clc1cc(SN=C(c2ccccc2)c2ccccc2)cc(Cl)c1Cl. The molecular weight excluding hydrogens is 381 g/mol. The van der Waals surface area contributed by atoms with E-state index in [9.17, 15) is 0 Å². The molecule has 0 unspecified atom stereocenters. The lowest BCUT2D eigenvalue weighted by atomic mass is 10.0. The summed E-state index contributed by atoms with van der Waals surface area (Å²) in [6, 6.07) is 23.6. The summed E-state index contributed by atoms with van der Waals surface area (Å²) in [7, 11) is 0. The van der Waals surface area contributed by atoms with Gasteiger partial charge in [0.2, 0.25) is 0 Å². The molecule has 0 saturated heterocycles. The summed E-state index contributed by atoms with van der Waals surface area (Å²) in [5.41, 5.74) is 2.98. The quantitative estimate of drug-likeness (QED) is 0.260. The second-order valence-electron chi connectivity index (χ2n) is 4.96. The molecule has 0 radical (unpaired) electrons. The fraction of sp³-hybridized carbons (Fsp3) is 0. The van der Waals surface area contributed by atoms with Crippen LogP contribution in [0.25, 0.3) is 0 Å². The first-order chi connectivity index (χ1) is 11.6. The molecule has 3 aromatic carbocycles. The Morgan fingerprint density at radius 2 is 1.17 bits per heavy atom. The summed E-state index contributed by atoms with van der Waals surface area (Å²) in [5, 5.41) is 1.20. The van der Waals surface area contributed by atoms with E-state index in [1.54, 1.807) is 12.1 Å². The van der Waals surface area contributed by atoms with Crippen LogP contribution in [0.15, 0.2) is 82.1 Å². The van der Waals surface area contributed by atoms with Crippen LogP contribution in [0.2, 0.25) is 15.1 Å². The zero-order chi connectivity index (χ0) is 16.9. The lowest BCUT2D eigenvalue weighted by Gasteiger charge is -2.08. The molecule has 0 atom stereocenters. The molecule has 0 fully saturated rings. The molecule has 0 amide bonds. The molecule has 0 N–H and O–H groups in total. The number of hydrogen-bond donors (Lipinski definition) is 0. The first-order valence-electron chi connectivity index (χ1n) is 7.15. The van der Waals surface area contributed by atoms with E-state index in [0.717, 1.165) is 21.7 Å². The van der Waals surface area contributed by atoms with E-state index < -0.39 is 0 Å². The minimum atomic E-state index is 0.359. The van der Waals surface area contributed by atoms with E-state index in [-0.39, 0.29) is 0 Å². The van der Waals surface area contributed by atoms with Crippen molar-refractivity contribution in [3.05, 3.63) is 99.0 Å². The van der Waals surface area contributed by atoms with Crippen molar-refractivity contribution >= 4 is 52.5 Å². The van der Waals surface area contributed by atoms with E-state index in [2.05, 4.69) is 0 Å². The highest BCUT2D eigenvalue weighted by atomic mass is 35.5. The molecule has 0 aliphatic rings. The lowest BCUT2D eigenvalue weighted by molar-refractivity contribution is 1.46. The van der Waals surface area contributed by atoms with Crippen molar-refractivity contribution in [1.29, 1.82) is 0 Å². The third kappa shape index (κ3) is 4.14. The molecule has 0 aliphatic carbocycles. The Labute approximate surface area is 160 Å². The topological polar surface area (TPSA) is 12.4 Å². The number of rotatable bonds is 4. The second kappa shape index (κ2) is 8.09. The van der Waals surface area contributed by atoms with E-state index in [1.165, 1.54) is 11.9 Å². The van der Waals surface area contributed by atoms with Gasteiger partial charge in [0.1, 0.15) is 0 Å². The Hall–Kier alpha value is -1.45. The molecule has 120 valence electrons. The van der Waals surface area contributed by atoms with Crippen LogP contribution in [-0.2, 0) is 0 Å². The predicted molar refractivity (Wildman–Crippen MR) is 106 cm³/mol. The van der Waals surface area contributed by atoms with Crippen LogP contribution in [0.5, 0.6) is 0 Å². The van der Waals surface area contributed by atoms with Gasteiger partial charge in [-0.3, -0.25) is 0 Å². The molecule has 3 rings (SSSR count). The maximum absolute atomic E-state index is 6.09. The Morgan fingerprint density at radius 3 is 1.62 bits per heavy atom. The third-order valence-corrected chi connectivity index (χ3v) is 5.21. The summed E-state index contributed by atoms with van der Waals surface area (Å²) in [5.74, 6) is 0. The molecule has 24 heavy (non-hydrogen) atoms. The minimum Gasteiger partial charge on any atom is -0.210 e. The van der Waals surface area contributed by atoms with Gasteiger partial charge in [-0.15, -0.1) is 0 Å².